The number of carbonyl (C=O) groups is 3. The Labute approximate surface area is 147 Å². The minimum atomic E-state index is -1.14. The molecule has 2 N–H and O–H groups in total. The number of amides is 3. The number of fused-ring (bicyclic) bond motifs is 4. The molecule has 2 fully saturated rings. The molecular weight excluding hydrogens is 318 g/mol. The van der Waals surface area contributed by atoms with Gasteiger partial charge in [-0.1, -0.05) is 31.5 Å². The Hall–Kier alpha value is -2.21. The number of nitrogens with zero attached hydrogens (tertiary/aromatic N) is 1. The van der Waals surface area contributed by atoms with Crippen molar-refractivity contribution in [1.82, 2.24) is 10.2 Å². The highest BCUT2D eigenvalue weighted by atomic mass is 16.2. The molecule has 132 valence electrons. The van der Waals surface area contributed by atoms with Crippen LogP contribution < -0.4 is 10.6 Å². The quantitative estimate of drug-likeness (QED) is 0.818. The first-order valence-electron chi connectivity index (χ1n) is 8.98. The van der Waals surface area contributed by atoms with E-state index in [0.717, 1.165) is 29.7 Å². The molecule has 0 aromatic heterocycles. The molecule has 6 heteroatoms. The molecule has 3 amide bonds. The molecule has 0 aliphatic carbocycles. The molecule has 4 rings (SSSR count). The van der Waals surface area contributed by atoms with Gasteiger partial charge in [-0.25, -0.2) is 0 Å². The van der Waals surface area contributed by atoms with Crippen LogP contribution in [-0.4, -0.2) is 35.2 Å². The van der Waals surface area contributed by atoms with E-state index < -0.39 is 17.4 Å². The fourth-order valence-electron chi connectivity index (χ4n) is 4.73. The maximum absolute atomic E-state index is 13.1. The Morgan fingerprint density at radius 3 is 2.68 bits per heavy atom. The zero-order valence-electron chi connectivity index (χ0n) is 14.8. The number of nitrogens with one attached hydrogen (secondary N) is 2. The van der Waals surface area contributed by atoms with Crippen LogP contribution in [-0.2, 0) is 19.9 Å². The summed E-state index contributed by atoms with van der Waals surface area (Å²) in [6.45, 7) is 6.29. The molecule has 3 aliphatic rings. The largest absolute Gasteiger partial charge is 0.324 e. The molecule has 3 heterocycles. The number of imide groups is 1. The van der Waals surface area contributed by atoms with E-state index in [4.69, 9.17) is 0 Å². The molecule has 0 saturated carbocycles. The molecule has 1 aromatic carbocycles. The van der Waals surface area contributed by atoms with Gasteiger partial charge >= 0.3 is 0 Å². The molecule has 0 bridgehead atoms. The van der Waals surface area contributed by atoms with Crippen LogP contribution >= 0.6 is 0 Å². The van der Waals surface area contributed by atoms with Crippen LogP contribution in [0.5, 0.6) is 0 Å². The van der Waals surface area contributed by atoms with E-state index in [1.807, 2.05) is 39.0 Å². The zero-order chi connectivity index (χ0) is 17.9. The van der Waals surface area contributed by atoms with Crippen LogP contribution in [0.1, 0.15) is 37.8 Å². The lowest BCUT2D eigenvalue weighted by atomic mass is 9.76. The molecule has 1 spiro atoms. The number of hydrogen-bond acceptors (Lipinski definition) is 4. The molecule has 3 aliphatic heterocycles. The molecule has 4 atom stereocenters. The summed E-state index contributed by atoms with van der Waals surface area (Å²) in [6.07, 6.45) is 1.70. The third-order valence-corrected chi connectivity index (χ3v) is 5.93. The minimum Gasteiger partial charge on any atom is -0.324 e. The Balaban J connectivity index is 1.84. The van der Waals surface area contributed by atoms with Crippen molar-refractivity contribution in [3.05, 3.63) is 29.3 Å². The summed E-state index contributed by atoms with van der Waals surface area (Å²) in [5, 5.41) is 6.26. The highest BCUT2D eigenvalue weighted by Gasteiger charge is 2.69. The number of anilines is 1. The predicted octanol–water partition coefficient (Wildman–Crippen LogP) is 1.54. The number of para-hydroxylation sites is 1. The van der Waals surface area contributed by atoms with Gasteiger partial charge in [0.1, 0.15) is 5.54 Å². The fraction of sp³-hybridized carbons (Fsp3) is 0.526. The summed E-state index contributed by atoms with van der Waals surface area (Å²) in [4.78, 5) is 40.4. The number of benzene rings is 1. The number of aryl methyl sites for hydroxylation is 1. The van der Waals surface area contributed by atoms with Gasteiger partial charge in [0.25, 0.3) is 0 Å². The van der Waals surface area contributed by atoms with Crippen LogP contribution in [0.15, 0.2) is 18.2 Å². The van der Waals surface area contributed by atoms with Crippen molar-refractivity contribution in [1.29, 1.82) is 0 Å². The standard InChI is InChI=1S/C19H23N3O3/c1-4-5-9-22-16(23)13-11(3)21-19(14(13)17(22)24)12-8-6-7-10(2)15(12)20-18(19)25/h6-8,11,13-14,21H,4-5,9H2,1-3H3,(H,20,25)/t11-,13+,14+,19-/m0/s1. The monoisotopic (exact) mass is 341 g/mol. The summed E-state index contributed by atoms with van der Waals surface area (Å²) in [6, 6.07) is 5.48. The van der Waals surface area contributed by atoms with Crippen LogP contribution in [0.4, 0.5) is 5.69 Å². The average molecular weight is 341 g/mol. The zero-order valence-corrected chi connectivity index (χ0v) is 14.8. The van der Waals surface area contributed by atoms with Crippen molar-refractivity contribution in [2.45, 2.75) is 45.2 Å². The molecule has 1 aromatic rings. The van der Waals surface area contributed by atoms with Crippen molar-refractivity contribution in [2.75, 3.05) is 11.9 Å². The summed E-state index contributed by atoms with van der Waals surface area (Å²) < 4.78 is 0. The first-order chi connectivity index (χ1) is 11.9. The maximum Gasteiger partial charge on any atom is 0.250 e. The van der Waals surface area contributed by atoms with Gasteiger partial charge < -0.3 is 5.32 Å². The third-order valence-electron chi connectivity index (χ3n) is 5.93. The molecule has 25 heavy (non-hydrogen) atoms. The molecule has 0 unspecified atom stereocenters. The van der Waals surface area contributed by atoms with Gasteiger partial charge in [-0.3, -0.25) is 24.6 Å². The Kier molecular flexibility index (Phi) is 3.51. The van der Waals surface area contributed by atoms with Gasteiger partial charge in [0.15, 0.2) is 0 Å². The molecule has 6 nitrogen and oxygen atoms in total. The summed E-state index contributed by atoms with van der Waals surface area (Å²) in [5.41, 5.74) is 1.37. The van der Waals surface area contributed by atoms with Crippen LogP contribution in [0.2, 0.25) is 0 Å². The van der Waals surface area contributed by atoms with Gasteiger partial charge in [0, 0.05) is 23.8 Å². The van der Waals surface area contributed by atoms with E-state index in [1.54, 1.807) is 0 Å². The number of likely N-dealkylation sites (tertiary alicyclic amines) is 1. The van der Waals surface area contributed by atoms with Crippen LogP contribution in [0.25, 0.3) is 0 Å². The molecular formula is C19H23N3O3. The lowest BCUT2D eigenvalue weighted by Crippen LogP contribution is -2.52. The smallest absolute Gasteiger partial charge is 0.250 e. The number of hydrogen-bond donors (Lipinski definition) is 2. The second-order valence-corrected chi connectivity index (χ2v) is 7.38. The van der Waals surface area contributed by atoms with Crippen LogP contribution in [0, 0.1) is 18.8 Å². The Morgan fingerprint density at radius 1 is 1.20 bits per heavy atom. The van der Waals surface area contributed by atoms with Gasteiger partial charge in [-0.15, -0.1) is 0 Å². The van der Waals surface area contributed by atoms with E-state index in [0.29, 0.717) is 6.54 Å². The van der Waals surface area contributed by atoms with E-state index in [-0.39, 0.29) is 23.8 Å². The highest BCUT2D eigenvalue weighted by molar-refractivity contribution is 6.15. The van der Waals surface area contributed by atoms with Crippen molar-refractivity contribution < 1.29 is 14.4 Å². The van der Waals surface area contributed by atoms with Gasteiger partial charge in [-0.2, -0.15) is 0 Å². The Morgan fingerprint density at radius 2 is 1.96 bits per heavy atom. The minimum absolute atomic E-state index is 0.144. The lowest BCUT2D eigenvalue weighted by molar-refractivity contribution is -0.142. The maximum atomic E-state index is 13.1. The van der Waals surface area contributed by atoms with Gasteiger partial charge in [-0.05, 0) is 25.8 Å². The average Bonchev–Trinajstić information content (AvgIpc) is 3.13. The van der Waals surface area contributed by atoms with Gasteiger partial charge in [0.05, 0.1) is 11.8 Å². The van der Waals surface area contributed by atoms with Crippen molar-refractivity contribution in [2.24, 2.45) is 11.8 Å². The molecule has 2 saturated heterocycles. The van der Waals surface area contributed by atoms with Crippen LogP contribution in [0.3, 0.4) is 0 Å². The van der Waals surface area contributed by atoms with Gasteiger partial charge in [0.2, 0.25) is 17.7 Å². The topological polar surface area (TPSA) is 78.5 Å². The van der Waals surface area contributed by atoms with E-state index >= 15 is 0 Å². The van der Waals surface area contributed by atoms with Crippen molar-refractivity contribution >= 4 is 23.4 Å². The number of carbonyl (C=O) groups excluding carboxylic acids is 3. The van der Waals surface area contributed by atoms with E-state index in [9.17, 15) is 14.4 Å². The lowest BCUT2D eigenvalue weighted by Gasteiger charge is -2.29. The highest BCUT2D eigenvalue weighted by Crippen LogP contribution is 2.53. The normalized spacial score (nSPS) is 33.2. The first kappa shape index (κ1) is 16.3. The summed E-state index contributed by atoms with van der Waals surface area (Å²) in [5.74, 6) is -1.75. The second kappa shape index (κ2) is 5.39. The summed E-state index contributed by atoms with van der Waals surface area (Å²) >= 11 is 0. The Bertz CT molecular complexity index is 790. The van der Waals surface area contributed by atoms with E-state index in [2.05, 4.69) is 10.6 Å². The summed E-state index contributed by atoms with van der Waals surface area (Å²) in [7, 11) is 0. The van der Waals surface area contributed by atoms with Crippen molar-refractivity contribution in [3.63, 3.8) is 0 Å². The van der Waals surface area contributed by atoms with Crippen molar-refractivity contribution in [3.8, 4) is 0 Å². The predicted molar refractivity (Wildman–Crippen MR) is 92.7 cm³/mol. The third kappa shape index (κ3) is 1.91. The number of rotatable bonds is 3. The first-order valence-corrected chi connectivity index (χ1v) is 8.98. The second-order valence-electron chi connectivity index (χ2n) is 7.38. The fourth-order valence-corrected chi connectivity index (χ4v) is 4.73. The van der Waals surface area contributed by atoms with E-state index in [1.165, 1.54) is 4.90 Å². The SMILES string of the molecule is CCCCN1C(=O)[C@@H]2[C@H](C)N[C@]3(C(=O)Nc4c(C)cccc43)[C@H]2C1=O. The molecule has 0 radical (unpaired) electrons. The number of unbranched alkanes of at least 4 members (excludes halogenated alkanes) is 1.